The number of hydrogen-bond acceptors (Lipinski definition) is 6. The van der Waals surface area contributed by atoms with Gasteiger partial charge in [0.25, 0.3) is 0 Å². The van der Waals surface area contributed by atoms with Crippen LogP contribution in [0.1, 0.15) is 72.9 Å². The molecule has 2 rings (SSSR count). The second-order valence-electron chi connectivity index (χ2n) is 10.0. The van der Waals surface area contributed by atoms with Crippen LogP contribution in [0.3, 0.4) is 0 Å². The molecule has 2 aromatic rings. The van der Waals surface area contributed by atoms with Crippen molar-refractivity contribution in [3.05, 3.63) is 64.2 Å². The molecule has 0 radical (unpaired) electrons. The maximum absolute atomic E-state index is 12.1. The summed E-state index contributed by atoms with van der Waals surface area (Å²) in [6.45, 7) is 8.49. The second kappa shape index (κ2) is 12.0. The fourth-order valence-electron chi connectivity index (χ4n) is 3.32. The molecule has 0 saturated heterocycles. The molecule has 0 unspecified atom stereocenters. The van der Waals surface area contributed by atoms with Crippen LogP contribution in [-0.2, 0) is 12.8 Å². The minimum atomic E-state index is -0.0984. The average Bonchev–Trinajstić information content (AvgIpc) is 2.71. The van der Waals surface area contributed by atoms with Crippen molar-refractivity contribution in [1.82, 2.24) is 0 Å². The van der Waals surface area contributed by atoms with E-state index < -0.39 is 0 Å². The van der Waals surface area contributed by atoms with Crippen LogP contribution in [0.2, 0.25) is 0 Å². The molecule has 6 heteroatoms. The summed E-state index contributed by atoms with van der Waals surface area (Å²) >= 11 is 3.19. The van der Waals surface area contributed by atoms with E-state index in [9.17, 15) is 19.8 Å². The summed E-state index contributed by atoms with van der Waals surface area (Å²) in [6.07, 6.45) is 9.12. The molecule has 32 heavy (non-hydrogen) atoms. The SMILES string of the molecule is CC(C)(CO)CCCc1cc(=O)cc(/C=C\c2cc(=O)cc(CCCC(C)(C)CO)s2)s1. The van der Waals surface area contributed by atoms with E-state index >= 15 is 0 Å². The molecule has 0 saturated carbocycles. The molecule has 4 nitrogen and oxygen atoms in total. The summed E-state index contributed by atoms with van der Waals surface area (Å²) in [5.74, 6) is 0. The molecule has 0 amide bonds. The van der Waals surface area contributed by atoms with Gasteiger partial charge in [-0.15, -0.1) is 22.7 Å². The first-order chi connectivity index (χ1) is 15.0. The Labute approximate surface area is 199 Å². The Hall–Kier alpha value is -1.60. The molecule has 0 aliphatic heterocycles. The van der Waals surface area contributed by atoms with Gasteiger partial charge >= 0.3 is 0 Å². The van der Waals surface area contributed by atoms with Crippen LogP contribution in [0, 0.1) is 10.8 Å². The predicted molar refractivity (Wildman–Crippen MR) is 138 cm³/mol. The van der Waals surface area contributed by atoms with E-state index in [-0.39, 0.29) is 34.9 Å². The summed E-state index contributed by atoms with van der Waals surface area (Å²) in [5.41, 5.74) is -0.209. The highest BCUT2D eigenvalue weighted by atomic mass is 32.1. The molecule has 0 fully saturated rings. The Morgan fingerprint density at radius 2 is 1.09 bits per heavy atom. The number of aliphatic hydroxyl groups excluding tert-OH is 2. The minimum Gasteiger partial charge on any atom is -0.396 e. The molecular formula is C26H36O4S2. The van der Waals surface area contributed by atoms with Crippen molar-refractivity contribution in [2.45, 2.75) is 66.2 Å². The van der Waals surface area contributed by atoms with Crippen LogP contribution >= 0.6 is 22.7 Å². The zero-order valence-electron chi connectivity index (χ0n) is 19.6. The highest BCUT2D eigenvalue weighted by Crippen LogP contribution is 2.25. The average molecular weight is 477 g/mol. The van der Waals surface area contributed by atoms with Crippen LogP contribution in [0.25, 0.3) is 12.2 Å². The number of aryl methyl sites for hydroxylation is 2. The van der Waals surface area contributed by atoms with Crippen molar-refractivity contribution in [2.24, 2.45) is 10.8 Å². The monoisotopic (exact) mass is 476 g/mol. The Balaban J connectivity index is 2.07. The Bertz CT molecular complexity index is 933. The van der Waals surface area contributed by atoms with E-state index in [0.29, 0.717) is 0 Å². The summed E-state index contributed by atoms with van der Waals surface area (Å²) in [7, 11) is 0. The topological polar surface area (TPSA) is 74.6 Å². The van der Waals surface area contributed by atoms with Gasteiger partial charge in [-0.3, -0.25) is 9.59 Å². The molecule has 2 aromatic heterocycles. The molecule has 0 aliphatic carbocycles. The molecule has 0 spiro atoms. The largest absolute Gasteiger partial charge is 0.396 e. The number of aliphatic hydroxyl groups is 2. The lowest BCUT2D eigenvalue weighted by Gasteiger charge is -2.20. The third kappa shape index (κ3) is 9.49. The molecule has 0 bridgehead atoms. The lowest BCUT2D eigenvalue weighted by atomic mass is 9.88. The normalized spacial score (nSPS) is 12.6. The fourth-order valence-corrected chi connectivity index (χ4v) is 5.39. The zero-order valence-corrected chi connectivity index (χ0v) is 21.3. The first kappa shape index (κ1) is 26.7. The number of rotatable bonds is 12. The van der Waals surface area contributed by atoms with Gasteiger partial charge in [-0.2, -0.15) is 0 Å². The van der Waals surface area contributed by atoms with Crippen molar-refractivity contribution in [2.75, 3.05) is 13.2 Å². The molecule has 0 atom stereocenters. The van der Waals surface area contributed by atoms with Gasteiger partial charge < -0.3 is 10.2 Å². The molecule has 176 valence electrons. The maximum Gasteiger partial charge on any atom is 0.181 e. The van der Waals surface area contributed by atoms with E-state index in [2.05, 4.69) is 0 Å². The zero-order chi connectivity index (χ0) is 23.8. The Morgan fingerprint density at radius 3 is 1.44 bits per heavy atom. The maximum atomic E-state index is 12.1. The fraction of sp³-hybridized carbons (Fsp3) is 0.538. The Kier molecular flexibility index (Phi) is 10.0. The van der Waals surface area contributed by atoms with Gasteiger partial charge in [-0.25, -0.2) is 0 Å². The standard InChI is InChI=1S/C26H36O4S2/c1-25(2,17-27)11-5-7-21-13-19(29)15-23(31-21)9-10-24-16-20(30)14-22(32-24)8-6-12-26(3,4)18-28/h9-10,13-16,27-28H,5-8,11-12,17-18H2,1-4H3/b10-9-. The van der Waals surface area contributed by atoms with Crippen molar-refractivity contribution in [1.29, 1.82) is 0 Å². The highest BCUT2D eigenvalue weighted by Gasteiger charge is 2.16. The quantitative estimate of drug-likeness (QED) is 0.431. The van der Waals surface area contributed by atoms with E-state index in [1.165, 1.54) is 0 Å². The van der Waals surface area contributed by atoms with Crippen LogP contribution in [0.5, 0.6) is 0 Å². The number of hydrogen-bond donors (Lipinski definition) is 2. The first-order valence-corrected chi connectivity index (χ1v) is 12.8. The smallest absolute Gasteiger partial charge is 0.181 e. The van der Waals surface area contributed by atoms with Crippen LogP contribution in [-0.4, -0.2) is 23.4 Å². The van der Waals surface area contributed by atoms with Crippen LogP contribution in [0.4, 0.5) is 0 Å². The van der Waals surface area contributed by atoms with E-state index in [1.807, 2.05) is 39.8 Å². The third-order valence-corrected chi connectivity index (χ3v) is 7.64. The van der Waals surface area contributed by atoms with Gasteiger partial charge in [-0.05, 0) is 73.6 Å². The molecule has 2 heterocycles. The predicted octanol–water partition coefficient (Wildman–Crippen LogP) is 5.38. The summed E-state index contributed by atoms with van der Waals surface area (Å²) in [6, 6.07) is 6.65. The van der Waals surface area contributed by atoms with Crippen LogP contribution < -0.4 is 10.9 Å². The summed E-state index contributed by atoms with van der Waals surface area (Å²) < 4.78 is 0. The van der Waals surface area contributed by atoms with Gasteiger partial charge in [0.1, 0.15) is 0 Å². The Morgan fingerprint density at radius 1 is 0.719 bits per heavy atom. The van der Waals surface area contributed by atoms with E-state index in [4.69, 9.17) is 0 Å². The second-order valence-corrected chi connectivity index (χ2v) is 12.4. The van der Waals surface area contributed by atoms with Gasteiger partial charge in [0, 0.05) is 44.9 Å². The van der Waals surface area contributed by atoms with Gasteiger partial charge in [0.2, 0.25) is 0 Å². The third-order valence-electron chi connectivity index (χ3n) is 5.49. The van der Waals surface area contributed by atoms with E-state index in [0.717, 1.165) is 58.0 Å². The lowest BCUT2D eigenvalue weighted by molar-refractivity contribution is 0.148. The molecule has 0 aromatic carbocycles. The molecule has 2 N–H and O–H groups in total. The van der Waals surface area contributed by atoms with Crippen molar-refractivity contribution in [3.63, 3.8) is 0 Å². The van der Waals surface area contributed by atoms with Crippen molar-refractivity contribution in [3.8, 4) is 0 Å². The first-order valence-electron chi connectivity index (χ1n) is 11.2. The van der Waals surface area contributed by atoms with Gasteiger partial charge in [-0.1, -0.05) is 27.7 Å². The van der Waals surface area contributed by atoms with Gasteiger partial charge in [0.15, 0.2) is 10.9 Å². The summed E-state index contributed by atoms with van der Waals surface area (Å²) in [5, 5.41) is 18.8. The molecule has 0 aliphatic rings. The van der Waals surface area contributed by atoms with Crippen LogP contribution in [0.15, 0.2) is 33.9 Å². The lowest BCUT2D eigenvalue weighted by Crippen LogP contribution is -2.16. The minimum absolute atomic E-state index is 0.00625. The molecular weight excluding hydrogens is 440 g/mol. The highest BCUT2D eigenvalue weighted by molar-refractivity contribution is 7.13. The van der Waals surface area contributed by atoms with Crippen molar-refractivity contribution < 1.29 is 10.2 Å². The van der Waals surface area contributed by atoms with Gasteiger partial charge in [0.05, 0.1) is 0 Å². The van der Waals surface area contributed by atoms with E-state index in [1.54, 1.807) is 46.9 Å². The van der Waals surface area contributed by atoms with Crippen molar-refractivity contribution >= 4 is 34.8 Å². The summed E-state index contributed by atoms with van der Waals surface area (Å²) in [4.78, 5) is 28.1.